The Kier molecular flexibility index (Phi) is 17.6. The van der Waals surface area contributed by atoms with Gasteiger partial charge in [-0.25, -0.2) is 19.3 Å². The van der Waals surface area contributed by atoms with Gasteiger partial charge in [-0.3, -0.25) is 9.59 Å². The van der Waals surface area contributed by atoms with E-state index in [2.05, 4.69) is 79.6 Å². The van der Waals surface area contributed by atoms with E-state index in [1.165, 1.54) is 66.9 Å². The minimum atomic E-state index is -4.85. The van der Waals surface area contributed by atoms with Crippen molar-refractivity contribution in [3.63, 3.8) is 0 Å². The SMILES string of the molecule is Cc1c(C(=O)Nc2ccc(-c3ccccc3OC(F)(F)F)c(N)n2)cnn1COCC[Si](C)(C)C.Cc1nn(COCC[Si](C)(C)C)cc1C(=O)Nc1ccc(-c2ccccc2OC(F)(F)F)c(N)n1. The summed E-state index contributed by atoms with van der Waals surface area (Å²) >= 11 is 0. The molecule has 2 aromatic carbocycles. The number of carbonyl (C=O) groups excluding carboxylic acids is 2. The molecule has 0 radical (unpaired) electrons. The van der Waals surface area contributed by atoms with Crippen molar-refractivity contribution in [2.24, 2.45) is 0 Å². The predicted molar refractivity (Wildman–Crippen MR) is 260 cm³/mol. The van der Waals surface area contributed by atoms with Gasteiger partial charge in [0.05, 0.1) is 28.7 Å². The number of rotatable bonds is 18. The number of nitrogen functional groups attached to an aromatic ring is 2. The number of hydrogen-bond acceptors (Lipinski definition) is 12. The van der Waals surface area contributed by atoms with Gasteiger partial charge in [-0.15, -0.1) is 26.3 Å². The number of anilines is 4. The molecule has 0 bridgehead atoms. The third-order valence-corrected chi connectivity index (χ3v) is 13.5. The predicted octanol–water partition coefficient (Wildman–Crippen LogP) is 10.6. The zero-order valence-electron chi connectivity index (χ0n) is 39.9. The maximum Gasteiger partial charge on any atom is 0.573 e. The molecular formula is C46H56F6N10O6Si2. The maximum absolute atomic E-state index is 12.8. The van der Waals surface area contributed by atoms with Gasteiger partial charge in [-0.05, 0) is 62.3 Å². The van der Waals surface area contributed by atoms with Crippen LogP contribution < -0.4 is 31.6 Å². The van der Waals surface area contributed by atoms with Crippen molar-refractivity contribution in [2.75, 3.05) is 35.3 Å². The van der Waals surface area contributed by atoms with Gasteiger partial charge in [-0.1, -0.05) is 75.7 Å². The van der Waals surface area contributed by atoms with E-state index in [1.54, 1.807) is 41.5 Å². The van der Waals surface area contributed by atoms with E-state index in [-0.39, 0.29) is 59.0 Å². The summed E-state index contributed by atoms with van der Waals surface area (Å²) in [7, 11) is -2.40. The van der Waals surface area contributed by atoms with E-state index in [9.17, 15) is 35.9 Å². The van der Waals surface area contributed by atoms with Crippen molar-refractivity contribution in [2.45, 2.75) is 91.4 Å². The Morgan fingerprint density at radius 2 is 1.07 bits per heavy atom. The average molecular weight is 1020 g/mol. The quantitative estimate of drug-likeness (QED) is 0.0360. The molecule has 70 heavy (non-hydrogen) atoms. The van der Waals surface area contributed by atoms with Gasteiger partial charge in [0.25, 0.3) is 11.8 Å². The van der Waals surface area contributed by atoms with Crippen LogP contribution >= 0.6 is 0 Å². The van der Waals surface area contributed by atoms with Gasteiger partial charge in [0, 0.05) is 57.8 Å². The van der Waals surface area contributed by atoms with Crippen LogP contribution in [-0.4, -0.2) is 83.4 Å². The van der Waals surface area contributed by atoms with E-state index in [0.29, 0.717) is 35.7 Å². The second kappa shape index (κ2) is 22.8. The Bertz CT molecular complexity index is 2630. The van der Waals surface area contributed by atoms with Crippen LogP contribution in [0.1, 0.15) is 32.1 Å². The first-order chi connectivity index (χ1) is 32.7. The number of aromatic nitrogens is 6. The Balaban J connectivity index is 0.000000261. The molecule has 24 heteroatoms. The number of ether oxygens (including phenoxy) is 4. The number of benzene rings is 2. The summed E-state index contributed by atoms with van der Waals surface area (Å²) in [6.07, 6.45) is -6.68. The van der Waals surface area contributed by atoms with Crippen molar-refractivity contribution in [1.29, 1.82) is 0 Å². The van der Waals surface area contributed by atoms with E-state index >= 15 is 0 Å². The summed E-state index contributed by atoms with van der Waals surface area (Å²) in [5.74, 6) is -1.55. The van der Waals surface area contributed by atoms with Crippen molar-refractivity contribution in [1.82, 2.24) is 29.5 Å². The van der Waals surface area contributed by atoms with Gasteiger partial charge < -0.3 is 41.0 Å². The molecule has 0 fully saturated rings. The van der Waals surface area contributed by atoms with Crippen molar-refractivity contribution in [3.8, 4) is 33.8 Å². The first-order valence-corrected chi connectivity index (χ1v) is 29.2. The molecule has 0 aliphatic carbocycles. The molecular weight excluding hydrogens is 959 g/mol. The first kappa shape index (κ1) is 54.2. The van der Waals surface area contributed by atoms with Gasteiger partial charge in [0.15, 0.2) is 0 Å². The second-order valence-corrected chi connectivity index (χ2v) is 29.5. The molecule has 6 rings (SSSR count). The number of nitrogens with two attached hydrogens (primary N) is 2. The molecule has 0 saturated heterocycles. The smallest absolute Gasteiger partial charge is 0.405 e. The molecule has 0 saturated carbocycles. The Hall–Kier alpha value is -6.77. The molecule has 6 aromatic rings. The maximum atomic E-state index is 12.8. The number of aryl methyl sites for hydroxylation is 1. The number of pyridine rings is 2. The summed E-state index contributed by atoms with van der Waals surface area (Å²) in [6.45, 7) is 18.8. The molecule has 0 unspecified atom stereocenters. The monoisotopic (exact) mass is 1010 g/mol. The van der Waals surface area contributed by atoms with Crippen LogP contribution in [-0.2, 0) is 22.9 Å². The number of alkyl halides is 6. The molecule has 0 atom stereocenters. The van der Waals surface area contributed by atoms with Crippen LogP contribution in [0.5, 0.6) is 11.5 Å². The molecule has 4 heterocycles. The molecule has 16 nitrogen and oxygen atoms in total. The molecule has 2 amide bonds. The fourth-order valence-corrected chi connectivity index (χ4v) is 7.90. The zero-order valence-corrected chi connectivity index (χ0v) is 41.9. The van der Waals surface area contributed by atoms with Crippen LogP contribution in [0.15, 0.2) is 85.2 Å². The lowest BCUT2D eigenvalue weighted by molar-refractivity contribution is -0.275. The average Bonchev–Trinajstić information content (AvgIpc) is 3.81. The fraction of sp³-hybridized carbons (Fsp3) is 0.348. The molecule has 6 N–H and O–H groups in total. The summed E-state index contributed by atoms with van der Waals surface area (Å²) in [5.41, 5.74) is 14.5. The number of halogens is 6. The molecule has 0 aliphatic heterocycles. The standard InChI is InChI=1S/2C23H28F3N5O3Si/c1-15-18(13-31(30-15)14-33-11-12-35(2,3)4)22(32)29-20-10-9-17(21(27)28-20)16-7-5-6-8-19(16)34-23(24,25)26;1-15-18(13-28-31(15)14-33-11-12-35(2,3)4)22(32)30-20-10-9-17(21(27)29-20)16-7-5-6-8-19(16)34-23(24,25)26/h5-10,13H,11-12,14H2,1-4H3,(H3,27,28,29,32);5-10,13H,11-12,14H2,1-4H3,(H3,27,29,30,32). The summed E-state index contributed by atoms with van der Waals surface area (Å²) in [4.78, 5) is 33.8. The van der Waals surface area contributed by atoms with E-state index in [1.807, 2.05) is 0 Å². The number of para-hydroxylation sites is 2. The van der Waals surface area contributed by atoms with Gasteiger partial charge in [-0.2, -0.15) is 10.2 Å². The number of nitrogens with one attached hydrogen (secondary N) is 2. The topological polar surface area (TPSA) is 209 Å². The second-order valence-electron chi connectivity index (χ2n) is 18.3. The molecule has 0 aliphatic rings. The van der Waals surface area contributed by atoms with E-state index in [4.69, 9.17) is 20.9 Å². The minimum absolute atomic E-state index is 0.0655. The summed E-state index contributed by atoms with van der Waals surface area (Å²) in [5, 5.41) is 13.8. The Morgan fingerprint density at radius 1 is 0.629 bits per heavy atom. The number of hydrogen-bond donors (Lipinski definition) is 4. The van der Waals surface area contributed by atoms with E-state index < -0.39 is 52.2 Å². The highest BCUT2D eigenvalue weighted by molar-refractivity contribution is 6.76. The minimum Gasteiger partial charge on any atom is -0.405 e. The number of nitrogens with zero attached hydrogens (tertiary/aromatic N) is 6. The molecule has 4 aromatic heterocycles. The Labute approximate surface area is 402 Å². The van der Waals surface area contributed by atoms with E-state index in [0.717, 1.165) is 12.1 Å². The highest BCUT2D eigenvalue weighted by atomic mass is 28.3. The van der Waals surface area contributed by atoms with Gasteiger partial charge in [0.1, 0.15) is 48.2 Å². The third-order valence-electron chi connectivity index (χ3n) is 10.1. The lowest BCUT2D eigenvalue weighted by Gasteiger charge is -2.15. The highest BCUT2D eigenvalue weighted by Crippen LogP contribution is 2.38. The lowest BCUT2D eigenvalue weighted by Crippen LogP contribution is -2.22. The molecule has 376 valence electrons. The van der Waals surface area contributed by atoms with Crippen LogP contribution in [0.2, 0.25) is 51.4 Å². The van der Waals surface area contributed by atoms with Crippen LogP contribution in [0.3, 0.4) is 0 Å². The summed E-state index contributed by atoms with van der Waals surface area (Å²) in [6, 6.07) is 19.1. The highest BCUT2D eigenvalue weighted by Gasteiger charge is 2.33. The van der Waals surface area contributed by atoms with Crippen molar-refractivity contribution >= 4 is 51.2 Å². The number of carbonyl (C=O) groups is 2. The number of amides is 2. The Morgan fingerprint density at radius 3 is 1.51 bits per heavy atom. The van der Waals surface area contributed by atoms with Crippen LogP contribution in [0.25, 0.3) is 22.3 Å². The van der Waals surface area contributed by atoms with Crippen molar-refractivity contribution in [3.05, 3.63) is 108 Å². The fourth-order valence-electron chi connectivity index (χ4n) is 6.39. The van der Waals surface area contributed by atoms with Gasteiger partial charge >= 0.3 is 12.7 Å². The van der Waals surface area contributed by atoms with Gasteiger partial charge in [0.2, 0.25) is 0 Å². The first-order valence-electron chi connectivity index (χ1n) is 21.7. The van der Waals surface area contributed by atoms with Crippen molar-refractivity contribution < 1.29 is 54.9 Å². The largest absolute Gasteiger partial charge is 0.573 e. The molecule has 0 spiro atoms. The summed E-state index contributed by atoms with van der Waals surface area (Å²) < 4.78 is 99.2. The zero-order chi connectivity index (χ0) is 51.6. The normalized spacial score (nSPS) is 12.0. The third kappa shape index (κ3) is 16.4. The van der Waals surface area contributed by atoms with Crippen LogP contribution in [0, 0.1) is 13.8 Å². The lowest BCUT2D eigenvalue weighted by atomic mass is 10.1. The van der Waals surface area contributed by atoms with Crippen LogP contribution in [0.4, 0.5) is 49.6 Å².